The summed E-state index contributed by atoms with van der Waals surface area (Å²) in [5.74, 6) is -1.51. The van der Waals surface area contributed by atoms with Crippen LogP contribution in [0, 0.1) is 5.82 Å². The first-order chi connectivity index (χ1) is 7.41. The molecular formula is C10H10BrClFNO2. The van der Waals surface area contributed by atoms with Crippen LogP contribution in [0.15, 0.2) is 16.6 Å². The van der Waals surface area contributed by atoms with Crippen molar-refractivity contribution in [2.24, 2.45) is 5.73 Å². The second-order valence-electron chi connectivity index (χ2n) is 3.33. The second-order valence-corrected chi connectivity index (χ2v) is 4.62. The predicted octanol–water partition coefficient (Wildman–Crippen LogP) is 3.11. The quantitative estimate of drug-likeness (QED) is 0.840. The lowest BCUT2D eigenvalue weighted by Crippen LogP contribution is -2.13. The molecule has 1 unspecified atom stereocenters. The van der Waals surface area contributed by atoms with E-state index in [-0.39, 0.29) is 17.9 Å². The Balaban J connectivity index is 2.90. The molecule has 0 aromatic heterocycles. The van der Waals surface area contributed by atoms with Crippen LogP contribution in [0.2, 0.25) is 5.02 Å². The first-order valence-electron chi connectivity index (χ1n) is 4.53. The first kappa shape index (κ1) is 13.4. The summed E-state index contributed by atoms with van der Waals surface area (Å²) in [6, 6.07) is 2.24. The Labute approximate surface area is 106 Å². The standard InChI is InChI=1S/C10H10BrClFNO2/c11-5-3-6(10(12)7(13)4-5)8(14)1-2-9(15)16/h3-4,8H,1-2,14H2,(H,15,16). The van der Waals surface area contributed by atoms with Crippen molar-refractivity contribution in [3.8, 4) is 0 Å². The van der Waals surface area contributed by atoms with E-state index in [1.54, 1.807) is 6.07 Å². The lowest BCUT2D eigenvalue weighted by molar-refractivity contribution is -0.137. The monoisotopic (exact) mass is 309 g/mol. The molecule has 1 aromatic rings. The Bertz CT molecular complexity index is 414. The molecule has 1 aromatic carbocycles. The highest BCUT2D eigenvalue weighted by Gasteiger charge is 2.15. The number of hydrogen-bond acceptors (Lipinski definition) is 2. The number of nitrogens with two attached hydrogens (primary N) is 1. The molecule has 0 amide bonds. The van der Waals surface area contributed by atoms with Gasteiger partial charge in [-0.2, -0.15) is 0 Å². The zero-order valence-corrected chi connectivity index (χ0v) is 10.6. The second kappa shape index (κ2) is 5.61. The molecule has 0 radical (unpaired) electrons. The van der Waals surface area contributed by atoms with E-state index >= 15 is 0 Å². The molecule has 3 nitrogen and oxygen atoms in total. The Kier molecular flexibility index (Phi) is 4.70. The summed E-state index contributed by atoms with van der Waals surface area (Å²) in [5.41, 5.74) is 6.16. The van der Waals surface area contributed by atoms with Crippen LogP contribution >= 0.6 is 27.5 Å². The molecule has 0 heterocycles. The highest BCUT2D eigenvalue weighted by molar-refractivity contribution is 9.10. The van der Waals surface area contributed by atoms with Crippen LogP contribution in [0.3, 0.4) is 0 Å². The van der Waals surface area contributed by atoms with Crippen molar-refractivity contribution in [3.63, 3.8) is 0 Å². The van der Waals surface area contributed by atoms with E-state index in [1.807, 2.05) is 0 Å². The molecule has 0 fully saturated rings. The van der Waals surface area contributed by atoms with Gasteiger partial charge in [-0.05, 0) is 24.1 Å². The average Bonchev–Trinajstić information content (AvgIpc) is 2.19. The molecule has 16 heavy (non-hydrogen) atoms. The lowest BCUT2D eigenvalue weighted by atomic mass is 10.0. The van der Waals surface area contributed by atoms with E-state index in [0.717, 1.165) is 0 Å². The number of carboxylic acid groups (broad SMARTS) is 1. The number of rotatable bonds is 4. The fourth-order valence-electron chi connectivity index (χ4n) is 1.28. The predicted molar refractivity (Wildman–Crippen MR) is 62.9 cm³/mol. The maximum Gasteiger partial charge on any atom is 0.303 e. The Morgan fingerprint density at radius 3 is 2.81 bits per heavy atom. The average molecular weight is 311 g/mol. The van der Waals surface area contributed by atoms with E-state index in [1.165, 1.54) is 6.07 Å². The number of aliphatic carboxylic acids is 1. The maximum atomic E-state index is 13.3. The summed E-state index contributed by atoms with van der Waals surface area (Å²) in [5, 5.41) is 8.46. The third-order valence-electron chi connectivity index (χ3n) is 2.09. The van der Waals surface area contributed by atoms with Gasteiger partial charge in [0.2, 0.25) is 0 Å². The highest BCUT2D eigenvalue weighted by atomic mass is 79.9. The summed E-state index contributed by atoms with van der Waals surface area (Å²) in [6.45, 7) is 0. The zero-order chi connectivity index (χ0) is 12.3. The number of hydrogen-bond donors (Lipinski definition) is 2. The Hall–Kier alpha value is -0.650. The topological polar surface area (TPSA) is 63.3 Å². The van der Waals surface area contributed by atoms with Crippen LogP contribution in [-0.2, 0) is 4.79 Å². The summed E-state index contributed by atoms with van der Waals surface area (Å²) >= 11 is 8.88. The molecule has 0 aliphatic rings. The fraction of sp³-hybridized carbons (Fsp3) is 0.300. The van der Waals surface area contributed by atoms with Gasteiger partial charge < -0.3 is 10.8 Å². The van der Waals surface area contributed by atoms with E-state index in [0.29, 0.717) is 10.0 Å². The minimum Gasteiger partial charge on any atom is -0.481 e. The first-order valence-corrected chi connectivity index (χ1v) is 5.70. The van der Waals surface area contributed by atoms with Crippen molar-refractivity contribution in [3.05, 3.63) is 33.0 Å². The van der Waals surface area contributed by atoms with Crippen LogP contribution in [0.25, 0.3) is 0 Å². The number of carbonyl (C=O) groups is 1. The number of benzene rings is 1. The van der Waals surface area contributed by atoms with Gasteiger partial charge in [0.15, 0.2) is 0 Å². The van der Waals surface area contributed by atoms with Gasteiger partial charge in [0.05, 0.1) is 5.02 Å². The molecular weight excluding hydrogens is 300 g/mol. The molecule has 88 valence electrons. The fourth-order valence-corrected chi connectivity index (χ4v) is 1.98. The largest absolute Gasteiger partial charge is 0.481 e. The molecule has 3 N–H and O–H groups in total. The molecule has 0 spiro atoms. The third-order valence-corrected chi connectivity index (χ3v) is 2.95. The molecule has 1 atom stereocenters. The van der Waals surface area contributed by atoms with E-state index < -0.39 is 17.8 Å². The van der Waals surface area contributed by atoms with Gasteiger partial charge in [0.1, 0.15) is 5.82 Å². The van der Waals surface area contributed by atoms with Crippen molar-refractivity contribution in [1.82, 2.24) is 0 Å². The van der Waals surface area contributed by atoms with Crippen LogP contribution in [0.5, 0.6) is 0 Å². The molecule has 0 saturated carbocycles. The zero-order valence-electron chi connectivity index (χ0n) is 8.21. The Morgan fingerprint density at radius 2 is 2.25 bits per heavy atom. The van der Waals surface area contributed by atoms with Crippen LogP contribution in [-0.4, -0.2) is 11.1 Å². The van der Waals surface area contributed by atoms with E-state index in [9.17, 15) is 9.18 Å². The summed E-state index contributed by atoms with van der Waals surface area (Å²) < 4.78 is 13.8. The van der Waals surface area contributed by atoms with Gasteiger partial charge in [0.25, 0.3) is 0 Å². The molecule has 6 heteroatoms. The highest BCUT2D eigenvalue weighted by Crippen LogP contribution is 2.30. The maximum absolute atomic E-state index is 13.3. The van der Waals surface area contributed by atoms with Crippen LogP contribution in [0.1, 0.15) is 24.4 Å². The van der Waals surface area contributed by atoms with Gasteiger partial charge in [-0.15, -0.1) is 0 Å². The van der Waals surface area contributed by atoms with Crippen LogP contribution in [0.4, 0.5) is 4.39 Å². The normalized spacial score (nSPS) is 12.5. The van der Waals surface area contributed by atoms with Crippen molar-refractivity contribution < 1.29 is 14.3 Å². The summed E-state index contributed by atoms with van der Waals surface area (Å²) in [6.07, 6.45) is 0.135. The van der Waals surface area contributed by atoms with Gasteiger partial charge in [-0.25, -0.2) is 4.39 Å². The van der Waals surface area contributed by atoms with E-state index in [4.69, 9.17) is 22.4 Å². The summed E-state index contributed by atoms with van der Waals surface area (Å²) in [7, 11) is 0. The summed E-state index contributed by atoms with van der Waals surface area (Å²) in [4.78, 5) is 10.4. The van der Waals surface area contributed by atoms with Gasteiger partial charge in [-0.1, -0.05) is 27.5 Å². The minimum atomic E-state index is -0.943. The molecule has 0 aliphatic heterocycles. The lowest BCUT2D eigenvalue weighted by Gasteiger charge is -2.13. The van der Waals surface area contributed by atoms with Crippen LogP contribution < -0.4 is 5.73 Å². The molecule has 1 rings (SSSR count). The molecule has 0 bridgehead atoms. The van der Waals surface area contributed by atoms with Crippen molar-refractivity contribution in [1.29, 1.82) is 0 Å². The minimum absolute atomic E-state index is 0.0545. The van der Waals surface area contributed by atoms with Crippen molar-refractivity contribution in [2.75, 3.05) is 0 Å². The van der Waals surface area contributed by atoms with E-state index in [2.05, 4.69) is 15.9 Å². The van der Waals surface area contributed by atoms with Gasteiger partial charge in [0, 0.05) is 16.9 Å². The van der Waals surface area contributed by atoms with Gasteiger partial charge in [-0.3, -0.25) is 4.79 Å². The Morgan fingerprint density at radius 1 is 1.62 bits per heavy atom. The molecule has 0 aliphatic carbocycles. The molecule has 0 saturated heterocycles. The third kappa shape index (κ3) is 3.43. The smallest absolute Gasteiger partial charge is 0.303 e. The van der Waals surface area contributed by atoms with Gasteiger partial charge >= 0.3 is 5.97 Å². The number of halogens is 3. The SMILES string of the molecule is NC(CCC(=O)O)c1cc(Br)cc(F)c1Cl. The van der Waals surface area contributed by atoms with Crippen molar-refractivity contribution in [2.45, 2.75) is 18.9 Å². The number of carboxylic acids is 1. The van der Waals surface area contributed by atoms with Crippen molar-refractivity contribution >= 4 is 33.5 Å².